The summed E-state index contributed by atoms with van der Waals surface area (Å²) >= 11 is 0. The lowest BCUT2D eigenvalue weighted by atomic mass is 10.0. The van der Waals surface area contributed by atoms with Crippen LogP contribution in [0.4, 0.5) is 0 Å². The van der Waals surface area contributed by atoms with Crippen LogP contribution in [0.25, 0.3) is 21.7 Å². The monoisotopic (exact) mass is 308 g/mol. The van der Waals surface area contributed by atoms with Crippen LogP contribution in [0, 0.1) is 12.3 Å². The van der Waals surface area contributed by atoms with E-state index in [1.165, 1.54) is 7.11 Å². The Bertz CT molecular complexity index is 1010. The highest BCUT2D eigenvalue weighted by atomic mass is 16.5. The van der Waals surface area contributed by atoms with E-state index < -0.39 is 11.6 Å². The molecule has 0 radical (unpaired) electrons. The van der Waals surface area contributed by atoms with Crippen molar-refractivity contribution >= 4 is 27.7 Å². The minimum absolute atomic E-state index is 0.0135. The number of fused-ring (bicyclic) bond motifs is 3. The molecule has 1 aromatic heterocycles. The van der Waals surface area contributed by atoms with Gasteiger partial charge in [0.05, 0.1) is 12.7 Å². The Morgan fingerprint density at radius 1 is 1.30 bits per heavy atom. The molecular formula is C18H12O5. The Labute approximate surface area is 131 Å². The van der Waals surface area contributed by atoms with E-state index in [0.717, 1.165) is 16.8 Å². The molecule has 0 aliphatic heterocycles. The van der Waals surface area contributed by atoms with Crippen LogP contribution < -0.4 is 10.4 Å². The van der Waals surface area contributed by atoms with Gasteiger partial charge in [0, 0.05) is 11.5 Å². The molecule has 0 aliphatic rings. The topological polar surface area (TPSA) is 65.7 Å². The van der Waals surface area contributed by atoms with Crippen LogP contribution in [0.1, 0.15) is 10.4 Å². The fourth-order valence-electron chi connectivity index (χ4n) is 2.49. The maximum absolute atomic E-state index is 12.1. The van der Waals surface area contributed by atoms with Crippen molar-refractivity contribution in [1.82, 2.24) is 0 Å². The third kappa shape index (κ3) is 2.51. The summed E-state index contributed by atoms with van der Waals surface area (Å²) < 4.78 is 15.5. The lowest BCUT2D eigenvalue weighted by Crippen LogP contribution is -2.09. The van der Waals surface area contributed by atoms with E-state index >= 15 is 0 Å². The predicted molar refractivity (Wildman–Crippen MR) is 85.7 cm³/mol. The van der Waals surface area contributed by atoms with E-state index in [0.29, 0.717) is 11.1 Å². The number of carbonyl (C=O) groups is 1. The summed E-state index contributed by atoms with van der Waals surface area (Å²) in [4.78, 5) is 23.9. The van der Waals surface area contributed by atoms with Crippen molar-refractivity contribution in [2.45, 2.75) is 0 Å². The summed E-state index contributed by atoms with van der Waals surface area (Å²) in [5.74, 6) is 2.04. The van der Waals surface area contributed by atoms with Gasteiger partial charge in [-0.1, -0.05) is 30.2 Å². The summed E-state index contributed by atoms with van der Waals surface area (Å²) in [6.45, 7) is 0.0135. The average Bonchev–Trinajstić information content (AvgIpc) is 2.58. The number of methoxy groups -OCH3 is 1. The number of esters is 1. The van der Waals surface area contributed by atoms with Crippen LogP contribution in [0.2, 0.25) is 0 Å². The van der Waals surface area contributed by atoms with Gasteiger partial charge in [0.1, 0.15) is 6.61 Å². The van der Waals surface area contributed by atoms with Crippen molar-refractivity contribution in [2.24, 2.45) is 0 Å². The zero-order valence-corrected chi connectivity index (χ0v) is 12.3. The molecule has 0 spiro atoms. The molecule has 0 atom stereocenters. The molecule has 0 bridgehead atoms. The Hall–Kier alpha value is -3.26. The molecule has 114 valence electrons. The van der Waals surface area contributed by atoms with Crippen molar-refractivity contribution in [3.8, 4) is 18.1 Å². The Morgan fingerprint density at radius 2 is 2.09 bits per heavy atom. The van der Waals surface area contributed by atoms with Crippen LogP contribution in [0.5, 0.6) is 5.75 Å². The summed E-state index contributed by atoms with van der Waals surface area (Å²) in [5.41, 5.74) is -0.369. The first-order valence-electron chi connectivity index (χ1n) is 6.80. The van der Waals surface area contributed by atoms with Gasteiger partial charge in [-0.3, -0.25) is 0 Å². The van der Waals surface area contributed by atoms with Gasteiger partial charge in [0.15, 0.2) is 11.3 Å². The van der Waals surface area contributed by atoms with Gasteiger partial charge in [-0.05, 0) is 16.8 Å². The molecule has 0 saturated heterocycles. The zero-order valence-electron chi connectivity index (χ0n) is 12.3. The molecule has 5 heteroatoms. The summed E-state index contributed by atoms with van der Waals surface area (Å²) in [6, 6.07) is 10.2. The van der Waals surface area contributed by atoms with Gasteiger partial charge < -0.3 is 13.9 Å². The van der Waals surface area contributed by atoms with E-state index in [2.05, 4.69) is 5.92 Å². The first kappa shape index (κ1) is 14.7. The van der Waals surface area contributed by atoms with Crippen LogP contribution in [0.3, 0.4) is 0 Å². The summed E-state index contributed by atoms with van der Waals surface area (Å²) in [6.07, 6.45) is 5.22. The van der Waals surface area contributed by atoms with Gasteiger partial charge in [0.25, 0.3) is 0 Å². The van der Waals surface area contributed by atoms with Crippen LogP contribution in [0.15, 0.2) is 45.6 Å². The quantitative estimate of drug-likeness (QED) is 0.322. The van der Waals surface area contributed by atoms with E-state index in [1.54, 1.807) is 6.07 Å². The highest BCUT2D eigenvalue weighted by Crippen LogP contribution is 2.35. The molecule has 1 heterocycles. The van der Waals surface area contributed by atoms with Crippen molar-refractivity contribution < 1.29 is 18.7 Å². The smallest absolute Gasteiger partial charge is 0.338 e. The van der Waals surface area contributed by atoms with Crippen molar-refractivity contribution in [3.63, 3.8) is 0 Å². The van der Waals surface area contributed by atoms with Crippen LogP contribution >= 0.6 is 0 Å². The Balaban J connectivity index is 2.50. The van der Waals surface area contributed by atoms with Crippen LogP contribution in [-0.2, 0) is 4.74 Å². The number of hydrogen-bond donors (Lipinski definition) is 0. The molecule has 0 fully saturated rings. The molecule has 0 aliphatic carbocycles. The lowest BCUT2D eigenvalue weighted by molar-refractivity contribution is 0.0602. The number of hydrogen-bond acceptors (Lipinski definition) is 5. The third-order valence-corrected chi connectivity index (χ3v) is 3.42. The normalized spacial score (nSPS) is 10.4. The molecule has 3 rings (SSSR count). The zero-order chi connectivity index (χ0) is 16.4. The minimum Gasteiger partial charge on any atom is -0.477 e. The molecule has 23 heavy (non-hydrogen) atoms. The predicted octanol–water partition coefficient (Wildman–Crippen LogP) is 2.74. The van der Waals surface area contributed by atoms with Crippen LogP contribution in [-0.4, -0.2) is 19.7 Å². The standard InChI is InChI=1S/C18H12O5/c1-3-8-22-14-9-11-6-4-5-7-12(11)16-13(18(20)21-2)10-15(19)23-17(14)16/h1,4-7,9-10H,8H2,2H3. The fourth-order valence-corrected chi connectivity index (χ4v) is 2.49. The minimum atomic E-state index is -0.668. The number of terminal acetylenes is 1. The van der Waals surface area contributed by atoms with Gasteiger partial charge in [0.2, 0.25) is 0 Å². The molecule has 5 nitrogen and oxygen atoms in total. The number of benzene rings is 2. The van der Waals surface area contributed by atoms with Crippen molar-refractivity contribution in [2.75, 3.05) is 13.7 Å². The summed E-state index contributed by atoms with van der Waals surface area (Å²) in [7, 11) is 1.25. The highest BCUT2D eigenvalue weighted by molar-refractivity contribution is 6.16. The molecule has 2 aromatic carbocycles. The molecule has 0 saturated carbocycles. The number of carbonyl (C=O) groups excluding carboxylic acids is 1. The largest absolute Gasteiger partial charge is 0.477 e. The Morgan fingerprint density at radius 3 is 2.83 bits per heavy atom. The first-order valence-corrected chi connectivity index (χ1v) is 6.80. The van der Waals surface area contributed by atoms with Crippen molar-refractivity contribution in [3.05, 3.63) is 52.4 Å². The number of rotatable bonds is 3. The molecular weight excluding hydrogens is 296 g/mol. The molecule has 0 unspecified atom stereocenters. The fraction of sp³-hybridized carbons (Fsp3) is 0.111. The van der Waals surface area contributed by atoms with Gasteiger partial charge in [-0.15, -0.1) is 6.42 Å². The van der Waals surface area contributed by atoms with E-state index in [1.807, 2.05) is 24.3 Å². The van der Waals surface area contributed by atoms with Gasteiger partial charge in [-0.25, -0.2) is 9.59 Å². The summed E-state index contributed by atoms with van der Waals surface area (Å²) in [5, 5.41) is 2.03. The molecule has 0 N–H and O–H groups in total. The number of ether oxygens (including phenoxy) is 2. The molecule has 0 amide bonds. The Kier molecular flexibility index (Phi) is 3.73. The van der Waals surface area contributed by atoms with E-state index in [9.17, 15) is 9.59 Å². The van der Waals surface area contributed by atoms with E-state index in [-0.39, 0.29) is 17.8 Å². The van der Waals surface area contributed by atoms with E-state index in [4.69, 9.17) is 20.3 Å². The highest BCUT2D eigenvalue weighted by Gasteiger charge is 2.19. The van der Waals surface area contributed by atoms with Gasteiger partial charge in [-0.2, -0.15) is 0 Å². The lowest BCUT2D eigenvalue weighted by Gasteiger charge is -2.11. The average molecular weight is 308 g/mol. The first-order chi connectivity index (χ1) is 11.2. The third-order valence-electron chi connectivity index (χ3n) is 3.42. The second-order valence-corrected chi connectivity index (χ2v) is 4.76. The van der Waals surface area contributed by atoms with Gasteiger partial charge >= 0.3 is 11.6 Å². The maximum Gasteiger partial charge on any atom is 0.338 e. The second kappa shape index (κ2) is 5.85. The van der Waals surface area contributed by atoms with Crippen molar-refractivity contribution in [1.29, 1.82) is 0 Å². The molecule has 3 aromatic rings. The maximum atomic E-state index is 12.1. The SMILES string of the molecule is C#CCOc1cc2ccccc2c2c(C(=O)OC)cc(=O)oc12. The second-order valence-electron chi connectivity index (χ2n) is 4.76.